The normalized spacial score (nSPS) is 15.5. The number of aromatic hydroxyl groups is 1. The predicted molar refractivity (Wildman–Crippen MR) is 113 cm³/mol. The van der Waals surface area contributed by atoms with Gasteiger partial charge in [0.05, 0.1) is 4.91 Å². The molecule has 2 amide bonds. The van der Waals surface area contributed by atoms with E-state index >= 15 is 0 Å². The van der Waals surface area contributed by atoms with Crippen LogP contribution in [-0.4, -0.2) is 32.7 Å². The van der Waals surface area contributed by atoms with E-state index < -0.39 is 0 Å². The Bertz CT molecular complexity index is 958. The van der Waals surface area contributed by atoms with Gasteiger partial charge in [0.1, 0.15) is 16.6 Å². The molecule has 0 bridgehead atoms. The first-order valence-electron chi connectivity index (χ1n) is 7.94. The van der Waals surface area contributed by atoms with Crippen molar-refractivity contribution in [1.29, 1.82) is 0 Å². The molecule has 1 saturated heterocycles. The van der Waals surface area contributed by atoms with Crippen LogP contribution in [0.5, 0.6) is 5.75 Å². The Morgan fingerprint density at radius 3 is 2.70 bits per heavy atom. The van der Waals surface area contributed by atoms with Gasteiger partial charge >= 0.3 is 0 Å². The topological polar surface area (TPSA) is 69.6 Å². The Morgan fingerprint density at radius 1 is 1.30 bits per heavy atom. The van der Waals surface area contributed by atoms with Crippen molar-refractivity contribution in [3.8, 4) is 5.75 Å². The van der Waals surface area contributed by atoms with Gasteiger partial charge in [-0.1, -0.05) is 53.3 Å². The number of phenols is 1. The number of nitrogens with zero attached hydrogens (tertiary/aromatic N) is 1. The molecule has 0 radical (unpaired) electrons. The molecule has 0 aromatic heterocycles. The van der Waals surface area contributed by atoms with Gasteiger partial charge < -0.3 is 10.4 Å². The Morgan fingerprint density at radius 2 is 2.00 bits per heavy atom. The molecule has 2 aromatic carbocycles. The molecular weight excluding hydrogens is 404 g/mol. The summed E-state index contributed by atoms with van der Waals surface area (Å²) in [7, 11) is 0. The molecule has 0 aliphatic carbocycles. The molecule has 1 fully saturated rings. The number of hydrogen-bond acceptors (Lipinski definition) is 5. The van der Waals surface area contributed by atoms with Crippen molar-refractivity contribution in [2.75, 3.05) is 11.9 Å². The highest BCUT2D eigenvalue weighted by Gasteiger charge is 2.33. The molecule has 0 spiro atoms. The van der Waals surface area contributed by atoms with E-state index in [1.54, 1.807) is 24.3 Å². The molecule has 2 aromatic rings. The zero-order valence-electron chi connectivity index (χ0n) is 14.2. The second-order valence-electron chi connectivity index (χ2n) is 5.89. The van der Waals surface area contributed by atoms with Crippen molar-refractivity contribution in [2.24, 2.45) is 0 Å². The minimum Gasteiger partial charge on any atom is -0.507 e. The summed E-state index contributed by atoms with van der Waals surface area (Å²) in [5.74, 6) is -0.729. The Kier molecular flexibility index (Phi) is 5.84. The van der Waals surface area contributed by atoms with Gasteiger partial charge in [-0.15, -0.1) is 0 Å². The summed E-state index contributed by atoms with van der Waals surface area (Å²) < 4.78 is 0.284. The Balaban J connectivity index is 1.72. The van der Waals surface area contributed by atoms with Crippen molar-refractivity contribution >= 4 is 63.5 Å². The Labute approximate surface area is 171 Å². The van der Waals surface area contributed by atoms with Gasteiger partial charge in [0.2, 0.25) is 5.91 Å². The molecule has 2 N–H and O–H groups in total. The molecule has 0 saturated carbocycles. The predicted octanol–water partition coefficient (Wildman–Crippen LogP) is 4.19. The number of aryl methyl sites for hydroxylation is 1. The highest BCUT2D eigenvalue weighted by Crippen LogP contribution is 2.34. The molecule has 0 atom stereocenters. The van der Waals surface area contributed by atoms with E-state index in [1.165, 1.54) is 17.0 Å². The quantitative estimate of drug-likeness (QED) is 0.575. The summed E-state index contributed by atoms with van der Waals surface area (Å²) in [6, 6.07) is 11.9. The fourth-order valence-corrected chi connectivity index (χ4v) is 3.83. The summed E-state index contributed by atoms with van der Waals surface area (Å²) in [5, 5.41) is 13.1. The minimum absolute atomic E-state index is 0.00165. The van der Waals surface area contributed by atoms with Crippen molar-refractivity contribution in [1.82, 2.24) is 4.90 Å². The molecule has 8 heteroatoms. The largest absolute Gasteiger partial charge is 0.507 e. The maximum atomic E-state index is 12.6. The van der Waals surface area contributed by atoms with Crippen LogP contribution in [0.3, 0.4) is 0 Å². The fourth-order valence-electron chi connectivity index (χ4n) is 2.40. The van der Waals surface area contributed by atoms with Gasteiger partial charge in [-0.05, 0) is 43.3 Å². The van der Waals surface area contributed by atoms with Crippen molar-refractivity contribution in [2.45, 2.75) is 6.92 Å². The number of benzene rings is 2. The van der Waals surface area contributed by atoms with E-state index in [1.807, 2.05) is 19.1 Å². The average molecular weight is 419 g/mol. The van der Waals surface area contributed by atoms with Crippen LogP contribution in [0.2, 0.25) is 5.02 Å². The minimum atomic E-state index is -0.386. The fraction of sp³-hybridized carbons (Fsp3) is 0.105. The third kappa shape index (κ3) is 4.68. The number of rotatable bonds is 4. The number of anilines is 1. The SMILES string of the molecule is Cc1ccc(NC(=O)CN2C(=O)/C(=C/c3cc(Cl)ccc3O)SC2=S)cc1. The lowest BCUT2D eigenvalue weighted by Crippen LogP contribution is -2.36. The third-order valence-electron chi connectivity index (χ3n) is 3.79. The number of nitrogens with one attached hydrogen (secondary N) is 1. The summed E-state index contributed by atoms with van der Waals surface area (Å²) in [6.07, 6.45) is 1.51. The second-order valence-corrected chi connectivity index (χ2v) is 8.00. The molecule has 3 rings (SSSR count). The number of carbonyl (C=O) groups is 2. The van der Waals surface area contributed by atoms with Crippen molar-refractivity contribution < 1.29 is 14.7 Å². The van der Waals surface area contributed by atoms with E-state index in [0.29, 0.717) is 21.2 Å². The molecule has 138 valence electrons. The lowest BCUT2D eigenvalue weighted by atomic mass is 10.2. The van der Waals surface area contributed by atoms with Crippen LogP contribution in [-0.2, 0) is 9.59 Å². The highest BCUT2D eigenvalue weighted by molar-refractivity contribution is 8.26. The number of halogens is 1. The Hall–Kier alpha value is -2.35. The van der Waals surface area contributed by atoms with Crippen LogP contribution < -0.4 is 5.32 Å². The zero-order chi connectivity index (χ0) is 19.6. The standard InChI is InChI=1S/C19H15ClN2O3S2/c1-11-2-5-14(6-3-11)21-17(24)10-22-18(25)16(27-19(22)26)9-12-8-13(20)4-7-15(12)23/h2-9,23H,10H2,1H3,(H,21,24)/b16-9-. The van der Waals surface area contributed by atoms with Crippen LogP contribution in [0.4, 0.5) is 5.69 Å². The average Bonchev–Trinajstić information content (AvgIpc) is 2.87. The second kappa shape index (κ2) is 8.12. The monoisotopic (exact) mass is 418 g/mol. The highest BCUT2D eigenvalue weighted by atomic mass is 35.5. The van der Waals surface area contributed by atoms with Crippen LogP contribution in [0.15, 0.2) is 47.4 Å². The summed E-state index contributed by atoms with van der Waals surface area (Å²) in [6.45, 7) is 1.77. The molecule has 1 heterocycles. The first kappa shape index (κ1) is 19.4. The van der Waals surface area contributed by atoms with E-state index in [4.69, 9.17) is 23.8 Å². The van der Waals surface area contributed by atoms with E-state index in [-0.39, 0.29) is 28.4 Å². The summed E-state index contributed by atoms with van der Waals surface area (Å²) in [5.41, 5.74) is 2.14. The lowest BCUT2D eigenvalue weighted by Gasteiger charge is -2.14. The molecule has 0 unspecified atom stereocenters. The van der Waals surface area contributed by atoms with E-state index in [9.17, 15) is 14.7 Å². The van der Waals surface area contributed by atoms with Gasteiger partial charge in [0.25, 0.3) is 5.91 Å². The molecule has 1 aliphatic heterocycles. The van der Waals surface area contributed by atoms with Gasteiger partial charge in [0.15, 0.2) is 0 Å². The molecular formula is C19H15ClN2O3S2. The maximum absolute atomic E-state index is 12.6. The van der Waals surface area contributed by atoms with Gasteiger partial charge in [0, 0.05) is 16.3 Å². The number of thioether (sulfide) groups is 1. The summed E-state index contributed by atoms with van der Waals surface area (Å²) >= 11 is 12.2. The van der Waals surface area contributed by atoms with Crippen molar-refractivity contribution in [3.05, 3.63) is 63.5 Å². The number of hydrogen-bond donors (Lipinski definition) is 2. The zero-order valence-corrected chi connectivity index (χ0v) is 16.6. The third-order valence-corrected chi connectivity index (χ3v) is 5.40. The smallest absolute Gasteiger partial charge is 0.266 e. The van der Waals surface area contributed by atoms with Gasteiger partial charge in [-0.3, -0.25) is 14.5 Å². The number of amides is 2. The van der Waals surface area contributed by atoms with Gasteiger partial charge in [-0.2, -0.15) is 0 Å². The van der Waals surface area contributed by atoms with Crippen LogP contribution in [0.25, 0.3) is 6.08 Å². The lowest BCUT2D eigenvalue weighted by molar-refractivity contribution is -0.126. The first-order chi connectivity index (χ1) is 12.8. The van der Waals surface area contributed by atoms with Gasteiger partial charge in [-0.25, -0.2) is 0 Å². The number of thiocarbonyl (C=S) groups is 1. The van der Waals surface area contributed by atoms with E-state index in [0.717, 1.165) is 17.3 Å². The molecule has 5 nitrogen and oxygen atoms in total. The maximum Gasteiger partial charge on any atom is 0.266 e. The number of carbonyl (C=O) groups excluding carboxylic acids is 2. The molecule has 27 heavy (non-hydrogen) atoms. The van der Waals surface area contributed by atoms with Crippen molar-refractivity contribution in [3.63, 3.8) is 0 Å². The van der Waals surface area contributed by atoms with Crippen LogP contribution >= 0.6 is 35.6 Å². The first-order valence-corrected chi connectivity index (χ1v) is 9.54. The van der Waals surface area contributed by atoms with Crippen LogP contribution in [0, 0.1) is 6.92 Å². The summed E-state index contributed by atoms with van der Waals surface area (Å²) in [4.78, 5) is 26.4. The van der Waals surface area contributed by atoms with Crippen LogP contribution in [0.1, 0.15) is 11.1 Å². The van der Waals surface area contributed by atoms with E-state index in [2.05, 4.69) is 5.32 Å². The molecule has 1 aliphatic rings. The number of phenolic OH excluding ortho intramolecular Hbond substituents is 1.